The Bertz CT molecular complexity index is 1510. The van der Waals surface area contributed by atoms with Crippen molar-refractivity contribution in [2.75, 3.05) is 0 Å². The second kappa shape index (κ2) is 9.93. The van der Waals surface area contributed by atoms with Crippen LogP contribution in [0.3, 0.4) is 0 Å². The molecule has 0 saturated heterocycles. The quantitative estimate of drug-likeness (QED) is 0.190. The zero-order valence-electron chi connectivity index (χ0n) is 19.3. The van der Waals surface area contributed by atoms with E-state index in [-0.39, 0.29) is 24.7 Å². The standard InChI is InChI=1S/C27H21FN4O4/c1-18-26(27(30-36-18)19-7-3-2-4-8-19)24-15-31(21-11-13-22(14-12-21)32(33)34)25(29-24)17-35-16-20-9-5-6-10-23(20)28/h2-15H,16-17H2,1H3. The Balaban J connectivity index is 1.53. The largest absolute Gasteiger partial charge is 0.369 e. The van der Waals surface area contributed by atoms with Gasteiger partial charge in [-0.1, -0.05) is 53.7 Å². The summed E-state index contributed by atoms with van der Waals surface area (Å²) in [5.74, 6) is 0.792. The van der Waals surface area contributed by atoms with Crippen molar-refractivity contribution < 1.29 is 18.6 Å². The van der Waals surface area contributed by atoms with Crippen LogP contribution >= 0.6 is 0 Å². The molecule has 0 fully saturated rings. The van der Waals surface area contributed by atoms with Crippen LogP contribution in [0.4, 0.5) is 10.1 Å². The molecule has 0 aliphatic heterocycles. The van der Waals surface area contributed by atoms with E-state index in [2.05, 4.69) is 5.16 Å². The first-order chi connectivity index (χ1) is 17.5. The third kappa shape index (κ3) is 4.64. The number of nitrogens with zero attached hydrogens (tertiary/aromatic N) is 4. The van der Waals surface area contributed by atoms with Crippen molar-refractivity contribution in [3.8, 4) is 28.2 Å². The van der Waals surface area contributed by atoms with Gasteiger partial charge in [0.1, 0.15) is 29.7 Å². The molecular weight excluding hydrogens is 463 g/mol. The summed E-state index contributed by atoms with van der Waals surface area (Å²) < 4.78 is 27.1. The number of halogens is 1. The maximum absolute atomic E-state index is 14.0. The number of non-ortho nitro benzene ring substituents is 1. The number of hydrogen-bond acceptors (Lipinski definition) is 6. The van der Waals surface area contributed by atoms with Crippen LogP contribution in [0.2, 0.25) is 0 Å². The van der Waals surface area contributed by atoms with E-state index in [1.54, 1.807) is 34.9 Å². The molecular formula is C27H21FN4O4. The number of benzene rings is 3. The van der Waals surface area contributed by atoms with Gasteiger partial charge in [-0.2, -0.15) is 0 Å². The smallest absolute Gasteiger partial charge is 0.269 e. The van der Waals surface area contributed by atoms with Crippen LogP contribution in [0.15, 0.2) is 89.6 Å². The topological polar surface area (TPSA) is 96.2 Å². The van der Waals surface area contributed by atoms with Gasteiger partial charge in [-0.25, -0.2) is 9.37 Å². The van der Waals surface area contributed by atoms with Gasteiger partial charge < -0.3 is 13.8 Å². The van der Waals surface area contributed by atoms with Crippen LogP contribution in [0, 0.1) is 22.9 Å². The van der Waals surface area contributed by atoms with Crippen LogP contribution in [-0.2, 0) is 18.0 Å². The highest BCUT2D eigenvalue weighted by Crippen LogP contribution is 2.34. The van der Waals surface area contributed by atoms with Crippen molar-refractivity contribution in [3.63, 3.8) is 0 Å². The summed E-state index contributed by atoms with van der Waals surface area (Å²) >= 11 is 0. The van der Waals surface area contributed by atoms with Crippen LogP contribution < -0.4 is 0 Å². The highest BCUT2D eigenvalue weighted by molar-refractivity contribution is 5.80. The van der Waals surface area contributed by atoms with Crippen LogP contribution in [0.5, 0.6) is 0 Å². The fourth-order valence-electron chi connectivity index (χ4n) is 3.93. The summed E-state index contributed by atoms with van der Waals surface area (Å²) in [4.78, 5) is 15.5. The van der Waals surface area contributed by atoms with E-state index in [4.69, 9.17) is 14.2 Å². The lowest BCUT2D eigenvalue weighted by molar-refractivity contribution is -0.384. The molecule has 0 radical (unpaired) electrons. The molecule has 0 unspecified atom stereocenters. The fourth-order valence-corrected chi connectivity index (χ4v) is 3.93. The van der Waals surface area contributed by atoms with E-state index in [0.29, 0.717) is 34.2 Å². The number of rotatable bonds is 8. The summed E-state index contributed by atoms with van der Waals surface area (Å²) in [6, 6.07) is 22.2. The van der Waals surface area contributed by atoms with Crippen molar-refractivity contribution in [3.05, 3.63) is 118 Å². The molecule has 0 aliphatic carbocycles. The van der Waals surface area contributed by atoms with E-state index in [9.17, 15) is 14.5 Å². The van der Waals surface area contributed by atoms with Gasteiger partial charge in [-0.05, 0) is 25.1 Å². The Kier molecular flexibility index (Phi) is 6.38. The molecule has 0 amide bonds. The minimum absolute atomic E-state index is 0.0160. The van der Waals surface area contributed by atoms with Gasteiger partial charge in [0.15, 0.2) is 0 Å². The zero-order chi connectivity index (χ0) is 25.1. The van der Waals surface area contributed by atoms with E-state index < -0.39 is 4.92 Å². The molecule has 8 nitrogen and oxygen atoms in total. The van der Waals surface area contributed by atoms with Gasteiger partial charge in [0.25, 0.3) is 5.69 Å². The number of ether oxygens (including phenoxy) is 1. The average Bonchev–Trinajstić information content (AvgIpc) is 3.49. The highest BCUT2D eigenvalue weighted by atomic mass is 19.1. The summed E-state index contributed by atoms with van der Waals surface area (Å²) in [6.45, 7) is 1.96. The van der Waals surface area contributed by atoms with Crippen molar-refractivity contribution >= 4 is 5.69 Å². The molecule has 180 valence electrons. The molecule has 0 N–H and O–H groups in total. The fraction of sp³-hybridized carbons (Fsp3) is 0.111. The molecule has 5 rings (SSSR count). The first-order valence-corrected chi connectivity index (χ1v) is 11.2. The van der Waals surface area contributed by atoms with E-state index >= 15 is 0 Å². The number of aryl methyl sites for hydroxylation is 1. The zero-order valence-corrected chi connectivity index (χ0v) is 19.3. The SMILES string of the molecule is Cc1onc(-c2ccccc2)c1-c1cn(-c2ccc([N+](=O)[O-])cc2)c(COCc2ccccc2F)n1. The maximum atomic E-state index is 14.0. The summed E-state index contributed by atoms with van der Waals surface area (Å²) in [7, 11) is 0. The molecule has 3 aromatic carbocycles. The number of nitro groups is 1. The molecule has 2 aromatic heterocycles. The van der Waals surface area contributed by atoms with Gasteiger partial charge in [0.05, 0.1) is 22.8 Å². The van der Waals surface area contributed by atoms with E-state index in [1.807, 2.05) is 43.5 Å². The predicted octanol–water partition coefficient (Wildman–Crippen LogP) is 6.27. The van der Waals surface area contributed by atoms with Crippen molar-refractivity contribution in [1.29, 1.82) is 0 Å². The molecule has 0 saturated carbocycles. The first-order valence-electron chi connectivity index (χ1n) is 11.2. The Morgan fingerprint density at radius 3 is 2.44 bits per heavy atom. The van der Waals surface area contributed by atoms with E-state index in [0.717, 1.165) is 11.1 Å². The first kappa shape index (κ1) is 23.1. The lowest BCUT2D eigenvalue weighted by Gasteiger charge is -2.09. The molecule has 5 aromatic rings. The summed E-state index contributed by atoms with van der Waals surface area (Å²) in [5, 5.41) is 15.4. The lowest BCUT2D eigenvalue weighted by atomic mass is 10.0. The van der Waals surface area contributed by atoms with Crippen molar-refractivity contribution in [2.24, 2.45) is 0 Å². The Labute approximate surface area is 205 Å². The Hall–Kier alpha value is -4.63. The third-order valence-electron chi connectivity index (χ3n) is 5.73. The monoisotopic (exact) mass is 484 g/mol. The second-order valence-electron chi connectivity index (χ2n) is 8.10. The maximum Gasteiger partial charge on any atom is 0.269 e. The predicted molar refractivity (Wildman–Crippen MR) is 131 cm³/mol. The average molecular weight is 484 g/mol. The molecule has 9 heteroatoms. The van der Waals surface area contributed by atoms with Crippen molar-refractivity contribution in [2.45, 2.75) is 20.1 Å². The van der Waals surface area contributed by atoms with Gasteiger partial charge in [-0.15, -0.1) is 0 Å². The number of nitro benzene ring substituents is 1. The molecule has 36 heavy (non-hydrogen) atoms. The number of aromatic nitrogens is 3. The Morgan fingerprint density at radius 1 is 1.00 bits per heavy atom. The van der Waals surface area contributed by atoms with Crippen LogP contribution in [0.25, 0.3) is 28.2 Å². The normalized spacial score (nSPS) is 11.1. The van der Waals surface area contributed by atoms with Crippen molar-refractivity contribution in [1.82, 2.24) is 14.7 Å². The summed E-state index contributed by atoms with van der Waals surface area (Å²) in [5.41, 5.74) is 3.96. The number of hydrogen-bond donors (Lipinski definition) is 0. The lowest BCUT2D eigenvalue weighted by Crippen LogP contribution is -2.04. The minimum atomic E-state index is -0.450. The van der Waals surface area contributed by atoms with Crippen LogP contribution in [0.1, 0.15) is 17.1 Å². The third-order valence-corrected chi connectivity index (χ3v) is 5.73. The summed E-state index contributed by atoms with van der Waals surface area (Å²) in [6.07, 6.45) is 1.81. The van der Waals surface area contributed by atoms with Gasteiger partial charge in [0.2, 0.25) is 0 Å². The van der Waals surface area contributed by atoms with Gasteiger partial charge in [0, 0.05) is 35.1 Å². The number of imidazole rings is 1. The molecule has 2 heterocycles. The highest BCUT2D eigenvalue weighted by Gasteiger charge is 2.21. The Morgan fingerprint density at radius 2 is 1.72 bits per heavy atom. The molecule has 0 bridgehead atoms. The molecule has 0 aliphatic rings. The van der Waals surface area contributed by atoms with Gasteiger partial charge >= 0.3 is 0 Å². The van der Waals surface area contributed by atoms with E-state index in [1.165, 1.54) is 18.2 Å². The second-order valence-corrected chi connectivity index (χ2v) is 8.10. The molecule has 0 spiro atoms. The van der Waals surface area contributed by atoms with Gasteiger partial charge in [-0.3, -0.25) is 10.1 Å². The molecule has 0 atom stereocenters. The minimum Gasteiger partial charge on any atom is -0.369 e. The van der Waals surface area contributed by atoms with Crippen LogP contribution in [-0.4, -0.2) is 19.6 Å².